The Morgan fingerprint density at radius 1 is 1.39 bits per heavy atom. The molecule has 0 unspecified atom stereocenters. The van der Waals surface area contributed by atoms with Crippen LogP contribution in [0.15, 0.2) is 9.85 Å². The van der Waals surface area contributed by atoms with E-state index in [0.717, 1.165) is 19.0 Å². The summed E-state index contributed by atoms with van der Waals surface area (Å²) in [6.07, 6.45) is 1.26. The lowest BCUT2D eigenvalue weighted by atomic mass is 10.00. The largest absolute Gasteiger partial charge is 0.314 e. The molecule has 1 aliphatic heterocycles. The molecule has 1 aromatic rings. The number of thiophene rings is 1. The molecule has 1 saturated heterocycles. The number of hydrogen-bond donors (Lipinski definition) is 1. The normalized spacial score (nSPS) is 19.4. The van der Waals surface area contributed by atoms with Crippen LogP contribution in [-0.2, 0) is 0 Å². The van der Waals surface area contributed by atoms with Crippen molar-refractivity contribution in [1.29, 1.82) is 0 Å². The third kappa shape index (κ3) is 3.56. The number of halogens is 1. The number of piperazine rings is 1. The highest BCUT2D eigenvalue weighted by Gasteiger charge is 2.24. The summed E-state index contributed by atoms with van der Waals surface area (Å²) in [6, 6.07) is 2.96. The summed E-state index contributed by atoms with van der Waals surface area (Å²) in [5, 5.41) is 3.44. The fourth-order valence-corrected chi connectivity index (χ4v) is 4.25. The summed E-state index contributed by atoms with van der Waals surface area (Å²) in [6.45, 7) is 11.4. The standard InChI is InChI=1S/C14H23BrN2S/c1-10(2)8-12(17-6-4-16-5-7-17)13-9-11(3)14(15)18-13/h9-10,12,16H,4-8H2,1-3H3/t12-/m1/s1. The molecule has 18 heavy (non-hydrogen) atoms. The predicted octanol–water partition coefficient (Wildman–Crippen LogP) is 3.81. The molecule has 0 radical (unpaired) electrons. The molecule has 0 bridgehead atoms. The minimum absolute atomic E-state index is 0.599. The molecule has 0 amide bonds. The van der Waals surface area contributed by atoms with Gasteiger partial charge >= 0.3 is 0 Å². The SMILES string of the molecule is Cc1cc([C@@H](CC(C)C)N2CCNCC2)sc1Br. The first-order valence-electron chi connectivity index (χ1n) is 6.78. The average Bonchev–Trinajstić information content (AvgIpc) is 2.67. The molecule has 0 aromatic carbocycles. The van der Waals surface area contributed by atoms with Crippen LogP contribution in [0.4, 0.5) is 0 Å². The van der Waals surface area contributed by atoms with E-state index in [2.05, 4.69) is 53.0 Å². The fourth-order valence-electron chi connectivity index (χ4n) is 2.53. The number of nitrogens with zero attached hydrogens (tertiary/aromatic N) is 1. The van der Waals surface area contributed by atoms with Gasteiger partial charge in [0.2, 0.25) is 0 Å². The van der Waals surface area contributed by atoms with Crippen molar-refractivity contribution in [2.45, 2.75) is 33.2 Å². The Balaban J connectivity index is 2.17. The highest BCUT2D eigenvalue weighted by Crippen LogP contribution is 2.37. The highest BCUT2D eigenvalue weighted by atomic mass is 79.9. The van der Waals surface area contributed by atoms with Crippen LogP contribution in [0.2, 0.25) is 0 Å². The van der Waals surface area contributed by atoms with Crippen LogP contribution >= 0.6 is 27.3 Å². The zero-order valence-electron chi connectivity index (χ0n) is 11.5. The van der Waals surface area contributed by atoms with E-state index in [1.807, 2.05) is 11.3 Å². The lowest BCUT2D eigenvalue weighted by molar-refractivity contribution is 0.156. The van der Waals surface area contributed by atoms with Gasteiger partial charge in [0, 0.05) is 37.1 Å². The molecular formula is C14H23BrN2S. The first kappa shape index (κ1) is 14.5. The first-order chi connectivity index (χ1) is 8.58. The molecule has 0 aliphatic carbocycles. The summed E-state index contributed by atoms with van der Waals surface area (Å²) in [7, 11) is 0. The fraction of sp³-hybridized carbons (Fsp3) is 0.714. The van der Waals surface area contributed by atoms with Crippen LogP contribution in [0.5, 0.6) is 0 Å². The lowest BCUT2D eigenvalue weighted by Gasteiger charge is -2.35. The summed E-state index contributed by atoms with van der Waals surface area (Å²) >= 11 is 5.57. The van der Waals surface area contributed by atoms with Crippen molar-refractivity contribution in [2.24, 2.45) is 5.92 Å². The second-order valence-corrected chi connectivity index (χ2v) is 7.94. The second-order valence-electron chi connectivity index (χ2n) is 5.54. The van der Waals surface area contributed by atoms with Crippen molar-refractivity contribution >= 4 is 27.3 Å². The Morgan fingerprint density at radius 3 is 2.56 bits per heavy atom. The summed E-state index contributed by atoms with van der Waals surface area (Å²) in [5.41, 5.74) is 1.37. The van der Waals surface area contributed by atoms with Crippen molar-refractivity contribution in [3.05, 3.63) is 20.3 Å². The van der Waals surface area contributed by atoms with Crippen molar-refractivity contribution in [1.82, 2.24) is 10.2 Å². The Labute approximate surface area is 123 Å². The molecule has 0 spiro atoms. The van der Waals surface area contributed by atoms with Gasteiger partial charge < -0.3 is 5.32 Å². The van der Waals surface area contributed by atoms with Gasteiger partial charge in [-0.15, -0.1) is 11.3 Å². The third-order valence-corrected chi connectivity index (χ3v) is 5.73. The molecule has 1 atom stereocenters. The van der Waals surface area contributed by atoms with E-state index in [1.165, 1.54) is 33.7 Å². The number of rotatable bonds is 4. The van der Waals surface area contributed by atoms with Gasteiger partial charge in [-0.3, -0.25) is 4.90 Å². The number of hydrogen-bond acceptors (Lipinski definition) is 3. The van der Waals surface area contributed by atoms with Gasteiger partial charge in [-0.25, -0.2) is 0 Å². The maximum absolute atomic E-state index is 3.66. The number of nitrogens with one attached hydrogen (secondary N) is 1. The molecule has 1 fully saturated rings. The van der Waals surface area contributed by atoms with E-state index in [0.29, 0.717) is 6.04 Å². The third-order valence-electron chi connectivity index (χ3n) is 3.49. The van der Waals surface area contributed by atoms with E-state index in [-0.39, 0.29) is 0 Å². The zero-order chi connectivity index (χ0) is 13.1. The van der Waals surface area contributed by atoms with Gasteiger partial charge in [-0.05, 0) is 46.8 Å². The van der Waals surface area contributed by atoms with Gasteiger partial charge in [0.05, 0.1) is 3.79 Å². The molecule has 102 valence electrons. The summed E-state index contributed by atoms with van der Waals surface area (Å²) in [4.78, 5) is 4.17. The second kappa shape index (κ2) is 6.51. The van der Waals surface area contributed by atoms with Gasteiger partial charge in [0.1, 0.15) is 0 Å². The molecule has 2 nitrogen and oxygen atoms in total. The zero-order valence-corrected chi connectivity index (χ0v) is 13.9. The monoisotopic (exact) mass is 330 g/mol. The molecule has 4 heteroatoms. The summed E-state index contributed by atoms with van der Waals surface area (Å²) < 4.78 is 1.29. The van der Waals surface area contributed by atoms with E-state index in [4.69, 9.17) is 0 Å². The maximum atomic E-state index is 3.66. The van der Waals surface area contributed by atoms with Crippen molar-refractivity contribution < 1.29 is 0 Å². The minimum Gasteiger partial charge on any atom is -0.314 e. The van der Waals surface area contributed by atoms with Crippen molar-refractivity contribution in [3.8, 4) is 0 Å². The molecule has 1 aromatic heterocycles. The average molecular weight is 331 g/mol. The maximum Gasteiger partial charge on any atom is 0.0731 e. The van der Waals surface area contributed by atoms with Crippen LogP contribution < -0.4 is 5.32 Å². The van der Waals surface area contributed by atoms with Gasteiger partial charge in [0.25, 0.3) is 0 Å². The molecule has 2 heterocycles. The molecular weight excluding hydrogens is 308 g/mol. The van der Waals surface area contributed by atoms with Gasteiger partial charge in [0.15, 0.2) is 0 Å². The first-order valence-corrected chi connectivity index (χ1v) is 8.39. The predicted molar refractivity (Wildman–Crippen MR) is 83.4 cm³/mol. The topological polar surface area (TPSA) is 15.3 Å². The van der Waals surface area contributed by atoms with Gasteiger partial charge in [-0.1, -0.05) is 13.8 Å². The summed E-state index contributed by atoms with van der Waals surface area (Å²) in [5.74, 6) is 0.742. The van der Waals surface area contributed by atoms with Crippen molar-refractivity contribution in [2.75, 3.05) is 26.2 Å². The van der Waals surface area contributed by atoms with Crippen LogP contribution in [0.3, 0.4) is 0 Å². The van der Waals surface area contributed by atoms with E-state index in [1.54, 1.807) is 0 Å². The minimum atomic E-state index is 0.599. The van der Waals surface area contributed by atoms with Crippen LogP contribution in [-0.4, -0.2) is 31.1 Å². The molecule has 1 aliphatic rings. The molecule has 0 saturated carbocycles. The smallest absolute Gasteiger partial charge is 0.0731 e. The Morgan fingerprint density at radius 2 is 2.06 bits per heavy atom. The Bertz CT molecular complexity index is 364. The highest BCUT2D eigenvalue weighted by molar-refractivity contribution is 9.11. The molecule has 1 N–H and O–H groups in total. The number of aryl methyl sites for hydroxylation is 1. The van der Waals surface area contributed by atoms with Crippen LogP contribution in [0.25, 0.3) is 0 Å². The Kier molecular flexibility index (Phi) is 5.24. The quantitative estimate of drug-likeness (QED) is 0.902. The Hall–Kier alpha value is 0.100. The van der Waals surface area contributed by atoms with Crippen LogP contribution in [0.1, 0.15) is 36.8 Å². The van der Waals surface area contributed by atoms with Crippen LogP contribution in [0, 0.1) is 12.8 Å². The lowest BCUT2D eigenvalue weighted by Crippen LogP contribution is -2.45. The van der Waals surface area contributed by atoms with E-state index < -0.39 is 0 Å². The van der Waals surface area contributed by atoms with Crippen molar-refractivity contribution in [3.63, 3.8) is 0 Å². The van der Waals surface area contributed by atoms with E-state index in [9.17, 15) is 0 Å². The van der Waals surface area contributed by atoms with E-state index >= 15 is 0 Å². The van der Waals surface area contributed by atoms with Gasteiger partial charge in [-0.2, -0.15) is 0 Å². The molecule has 2 rings (SSSR count).